The predicted octanol–water partition coefficient (Wildman–Crippen LogP) is 5.05. The molecule has 0 saturated carbocycles. The van der Waals surface area contributed by atoms with E-state index in [0.717, 1.165) is 15.6 Å². The van der Waals surface area contributed by atoms with E-state index in [1.54, 1.807) is 30.3 Å². The molecule has 0 heterocycles. The van der Waals surface area contributed by atoms with E-state index in [1.165, 1.54) is 0 Å². The van der Waals surface area contributed by atoms with E-state index in [-0.39, 0.29) is 18.4 Å². The molecular formula is C24H21BrN2O3. The summed E-state index contributed by atoms with van der Waals surface area (Å²) in [5.41, 5.74) is 2.93. The van der Waals surface area contributed by atoms with Crippen molar-refractivity contribution in [1.29, 1.82) is 0 Å². The number of ether oxygens (including phenoxy) is 1. The van der Waals surface area contributed by atoms with Crippen LogP contribution in [0.1, 0.15) is 10.4 Å². The molecule has 0 aliphatic carbocycles. The molecular weight excluding hydrogens is 444 g/mol. The first-order chi connectivity index (χ1) is 14.6. The van der Waals surface area contributed by atoms with Crippen LogP contribution in [-0.2, 0) is 4.79 Å². The predicted molar refractivity (Wildman–Crippen MR) is 123 cm³/mol. The van der Waals surface area contributed by atoms with Gasteiger partial charge in [0.25, 0.3) is 11.8 Å². The summed E-state index contributed by atoms with van der Waals surface area (Å²) in [6, 6.07) is 22.5. The second-order valence-corrected chi connectivity index (χ2v) is 7.25. The molecule has 3 aromatic rings. The number of hydrogen-bond donors (Lipinski definition) is 2. The minimum absolute atomic E-state index is 0.189. The van der Waals surface area contributed by atoms with Crippen molar-refractivity contribution >= 4 is 33.4 Å². The van der Waals surface area contributed by atoms with Crippen LogP contribution in [0.4, 0.5) is 5.69 Å². The molecule has 0 aliphatic rings. The molecule has 0 atom stereocenters. The standard InChI is InChI=1S/C24H21BrN2O3/c1-2-14-26-24(29)19-10-6-7-11-21(19)27-23(28)16-30-22-13-12-18(15-20(22)25)17-8-4-3-5-9-17/h2-13,15H,1,14,16H2,(H,26,29)(H,27,28). The Morgan fingerprint density at radius 3 is 2.43 bits per heavy atom. The van der Waals surface area contributed by atoms with Crippen LogP contribution in [0.5, 0.6) is 5.75 Å². The number of carbonyl (C=O) groups excluding carboxylic acids is 2. The maximum Gasteiger partial charge on any atom is 0.262 e. The number of para-hydroxylation sites is 1. The third-order valence-electron chi connectivity index (χ3n) is 4.25. The highest BCUT2D eigenvalue weighted by atomic mass is 79.9. The van der Waals surface area contributed by atoms with Crippen LogP contribution < -0.4 is 15.4 Å². The van der Waals surface area contributed by atoms with E-state index < -0.39 is 0 Å². The van der Waals surface area contributed by atoms with Crippen molar-refractivity contribution in [2.45, 2.75) is 0 Å². The summed E-state index contributed by atoms with van der Waals surface area (Å²) in [5, 5.41) is 5.43. The summed E-state index contributed by atoms with van der Waals surface area (Å²) in [6.07, 6.45) is 1.59. The van der Waals surface area contributed by atoms with Crippen LogP contribution >= 0.6 is 15.9 Å². The summed E-state index contributed by atoms with van der Waals surface area (Å²) >= 11 is 3.50. The van der Waals surface area contributed by atoms with Gasteiger partial charge in [-0.1, -0.05) is 54.6 Å². The van der Waals surface area contributed by atoms with Gasteiger partial charge in [-0.2, -0.15) is 0 Å². The van der Waals surface area contributed by atoms with Crippen LogP contribution in [0.2, 0.25) is 0 Å². The van der Waals surface area contributed by atoms with Gasteiger partial charge in [-0.3, -0.25) is 9.59 Å². The van der Waals surface area contributed by atoms with Crippen LogP contribution in [-0.4, -0.2) is 25.0 Å². The number of halogens is 1. The summed E-state index contributed by atoms with van der Waals surface area (Å²) in [7, 11) is 0. The number of benzene rings is 3. The zero-order chi connectivity index (χ0) is 21.3. The van der Waals surface area contributed by atoms with Gasteiger partial charge >= 0.3 is 0 Å². The van der Waals surface area contributed by atoms with Gasteiger partial charge in [0, 0.05) is 6.54 Å². The first-order valence-corrected chi connectivity index (χ1v) is 10.1. The summed E-state index contributed by atoms with van der Waals surface area (Å²) in [5.74, 6) is -0.0918. The van der Waals surface area contributed by atoms with E-state index in [1.807, 2.05) is 48.5 Å². The van der Waals surface area contributed by atoms with Crippen molar-refractivity contribution in [2.24, 2.45) is 0 Å². The highest BCUT2D eigenvalue weighted by Gasteiger charge is 2.13. The Morgan fingerprint density at radius 1 is 0.967 bits per heavy atom. The highest BCUT2D eigenvalue weighted by molar-refractivity contribution is 9.10. The van der Waals surface area contributed by atoms with E-state index in [4.69, 9.17) is 4.74 Å². The first-order valence-electron chi connectivity index (χ1n) is 9.34. The molecule has 0 saturated heterocycles. The molecule has 3 aromatic carbocycles. The van der Waals surface area contributed by atoms with Crippen molar-refractivity contribution in [2.75, 3.05) is 18.5 Å². The molecule has 3 rings (SSSR count). The molecule has 0 fully saturated rings. The molecule has 0 spiro atoms. The number of hydrogen-bond acceptors (Lipinski definition) is 3. The summed E-state index contributed by atoms with van der Waals surface area (Å²) in [4.78, 5) is 24.6. The molecule has 0 aromatic heterocycles. The average Bonchev–Trinajstić information content (AvgIpc) is 2.77. The second kappa shape index (κ2) is 10.4. The molecule has 5 nitrogen and oxygen atoms in total. The quantitative estimate of drug-likeness (QED) is 0.458. The lowest BCUT2D eigenvalue weighted by atomic mass is 10.1. The maximum absolute atomic E-state index is 12.4. The minimum atomic E-state index is -0.363. The molecule has 0 bridgehead atoms. The Hall–Kier alpha value is -3.38. The van der Waals surface area contributed by atoms with Gasteiger partial charge in [-0.15, -0.1) is 6.58 Å². The third-order valence-corrected chi connectivity index (χ3v) is 4.87. The van der Waals surface area contributed by atoms with Crippen molar-refractivity contribution in [3.8, 4) is 16.9 Å². The van der Waals surface area contributed by atoms with E-state index in [9.17, 15) is 9.59 Å². The van der Waals surface area contributed by atoms with Crippen molar-refractivity contribution in [3.63, 3.8) is 0 Å². The van der Waals surface area contributed by atoms with Gasteiger partial charge < -0.3 is 15.4 Å². The van der Waals surface area contributed by atoms with Crippen molar-refractivity contribution < 1.29 is 14.3 Å². The molecule has 2 amide bonds. The Kier molecular flexibility index (Phi) is 7.40. The fraction of sp³-hybridized carbons (Fsp3) is 0.0833. The normalized spacial score (nSPS) is 10.2. The van der Waals surface area contributed by atoms with Gasteiger partial charge in [0.1, 0.15) is 5.75 Å². The molecule has 152 valence electrons. The van der Waals surface area contributed by atoms with Gasteiger partial charge in [0.15, 0.2) is 6.61 Å². The van der Waals surface area contributed by atoms with Crippen molar-refractivity contribution in [3.05, 3.63) is 95.5 Å². The first kappa shape index (κ1) is 21.3. The Bertz CT molecular complexity index is 1050. The lowest BCUT2D eigenvalue weighted by molar-refractivity contribution is -0.118. The topological polar surface area (TPSA) is 67.4 Å². The number of amides is 2. The van der Waals surface area contributed by atoms with E-state index in [0.29, 0.717) is 23.5 Å². The number of nitrogens with one attached hydrogen (secondary N) is 2. The molecule has 30 heavy (non-hydrogen) atoms. The molecule has 6 heteroatoms. The lowest BCUT2D eigenvalue weighted by Crippen LogP contribution is -2.26. The highest BCUT2D eigenvalue weighted by Crippen LogP contribution is 2.30. The molecule has 0 aliphatic heterocycles. The minimum Gasteiger partial charge on any atom is -0.483 e. The Balaban J connectivity index is 1.63. The smallest absolute Gasteiger partial charge is 0.262 e. The van der Waals surface area contributed by atoms with Crippen LogP contribution in [0, 0.1) is 0 Å². The second-order valence-electron chi connectivity index (χ2n) is 6.39. The molecule has 2 N–H and O–H groups in total. The van der Waals surface area contributed by atoms with Gasteiger partial charge in [-0.05, 0) is 51.3 Å². The third kappa shape index (κ3) is 5.58. The van der Waals surface area contributed by atoms with Crippen LogP contribution in [0.25, 0.3) is 11.1 Å². The van der Waals surface area contributed by atoms with Gasteiger partial charge in [-0.25, -0.2) is 0 Å². The van der Waals surface area contributed by atoms with Gasteiger partial charge in [0.2, 0.25) is 0 Å². The number of carbonyl (C=O) groups is 2. The fourth-order valence-corrected chi connectivity index (χ4v) is 3.30. The SMILES string of the molecule is C=CCNC(=O)c1ccccc1NC(=O)COc1ccc(-c2ccccc2)cc1Br. The Morgan fingerprint density at radius 2 is 1.70 bits per heavy atom. The van der Waals surface area contributed by atoms with E-state index >= 15 is 0 Å². The number of anilines is 1. The van der Waals surface area contributed by atoms with Gasteiger partial charge in [0.05, 0.1) is 15.7 Å². The Labute approximate surface area is 183 Å². The summed E-state index contributed by atoms with van der Waals surface area (Å²) in [6.45, 7) is 3.73. The van der Waals surface area contributed by atoms with Crippen molar-refractivity contribution in [1.82, 2.24) is 5.32 Å². The fourth-order valence-electron chi connectivity index (χ4n) is 2.81. The lowest BCUT2D eigenvalue weighted by Gasteiger charge is -2.12. The average molecular weight is 465 g/mol. The van der Waals surface area contributed by atoms with Crippen LogP contribution in [0.15, 0.2) is 89.9 Å². The van der Waals surface area contributed by atoms with Crippen LogP contribution in [0.3, 0.4) is 0 Å². The summed E-state index contributed by atoms with van der Waals surface area (Å²) < 4.78 is 6.40. The zero-order valence-electron chi connectivity index (χ0n) is 16.2. The monoisotopic (exact) mass is 464 g/mol. The molecule has 0 unspecified atom stereocenters. The largest absolute Gasteiger partial charge is 0.483 e. The maximum atomic E-state index is 12.4. The number of rotatable bonds is 8. The van der Waals surface area contributed by atoms with E-state index in [2.05, 4.69) is 33.1 Å². The molecule has 0 radical (unpaired) electrons. The zero-order valence-corrected chi connectivity index (χ0v) is 17.8.